The van der Waals surface area contributed by atoms with E-state index in [0.29, 0.717) is 5.39 Å². The first-order chi connectivity index (χ1) is 10.0. The summed E-state index contributed by atoms with van der Waals surface area (Å²) >= 11 is 0. The zero-order chi connectivity index (χ0) is 16.3. The molecule has 1 fully saturated rings. The second-order valence-corrected chi connectivity index (χ2v) is 6.37. The summed E-state index contributed by atoms with van der Waals surface area (Å²) in [6, 6.07) is 7.70. The molecule has 0 amide bonds. The standard InChI is InChI=1S/C15H16F3NO3/c1-13(2,3)19-12(22-19)14(20,15(16,17)18)11-8-9-6-4-5-7-10(9)21-11/h4-8,12,20H,1-3H3. The van der Waals surface area contributed by atoms with E-state index in [1.165, 1.54) is 6.07 Å². The molecule has 22 heavy (non-hydrogen) atoms. The summed E-state index contributed by atoms with van der Waals surface area (Å²) in [6.45, 7) is 5.09. The zero-order valence-corrected chi connectivity index (χ0v) is 12.3. The lowest BCUT2D eigenvalue weighted by Crippen LogP contribution is -2.49. The molecule has 1 aliphatic rings. The van der Waals surface area contributed by atoms with E-state index in [1.54, 1.807) is 45.0 Å². The van der Waals surface area contributed by atoms with Crippen LogP contribution in [0.25, 0.3) is 11.0 Å². The number of hydroxylamine groups is 2. The lowest BCUT2D eigenvalue weighted by Gasteiger charge is -2.28. The van der Waals surface area contributed by atoms with E-state index in [2.05, 4.69) is 0 Å². The number of nitrogens with zero attached hydrogens (tertiary/aromatic N) is 1. The van der Waals surface area contributed by atoms with Gasteiger partial charge in [-0.15, -0.1) is 5.06 Å². The van der Waals surface area contributed by atoms with Gasteiger partial charge in [0.1, 0.15) is 5.58 Å². The highest BCUT2D eigenvalue weighted by molar-refractivity contribution is 5.78. The third kappa shape index (κ3) is 2.20. The highest BCUT2D eigenvalue weighted by atomic mass is 19.4. The molecule has 0 bridgehead atoms. The maximum Gasteiger partial charge on any atom is 0.428 e. The van der Waals surface area contributed by atoms with Crippen LogP contribution in [0.15, 0.2) is 34.7 Å². The number of hydrogen-bond donors (Lipinski definition) is 1. The average molecular weight is 315 g/mol. The molecule has 1 N–H and O–H groups in total. The molecule has 0 spiro atoms. The second kappa shape index (κ2) is 4.47. The monoisotopic (exact) mass is 315 g/mol. The number of rotatable bonds is 2. The molecule has 1 saturated heterocycles. The lowest BCUT2D eigenvalue weighted by molar-refractivity contribution is -0.280. The molecule has 3 rings (SSSR count). The Morgan fingerprint density at radius 3 is 2.27 bits per heavy atom. The minimum absolute atomic E-state index is 0.281. The van der Waals surface area contributed by atoms with Gasteiger partial charge in [0, 0.05) is 10.9 Å². The molecule has 1 aliphatic heterocycles. The molecule has 3 unspecified atom stereocenters. The Morgan fingerprint density at radius 1 is 1.14 bits per heavy atom. The van der Waals surface area contributed by atoms with Crippen molar-refractivity contribution >= 4 is 11.0 Å². The van der Waals surface area contributed by atoms with Gasteiger partial charge in [0.15, 0.2) is 12.0 Å². The van der Waals surface area contributed by atoms with Gasteiger partial charge < -0.3 is 9.52 Å². The third-order valence-electron chi connectivity index (χ3n) is 3.63. The smallest absolute Gasteiger partial charge is 0.428 e. The number of fused-ring (bicyclic) bond motifs is 1. The van der Waals surface area contributed by atoms with Gasteiger partial charge in [0.25, 0.3) is 5.60 Å². The second-order valence-electron chi connectivity index (χ2n) is 6.37. The predicted octanol–water partition coefficient (Wildman–Crippen LogP) is 3.55. The average Bonchev–Trinajstić information content (AvgIpc) is 3.09. The fourth-order valence-corrected chi connectivity index (χ4v) is 2.41. The van der Waals surface area contributed by atoms with Crippen molar-refractivity contribution < 1.29 is 27.5 Å². The quantitative estimate of drug-likeness (QED) is 0.861. The van der Waals surface area contributed by atoms with E-state index in [-0.39, 0.29) is 5.58 Å². The number of hydrogen-bond acceptors (Lipinski definition) is 4. The summed E-state index contributed by atoms with van der Waals surface area (Å²) in [6.07, 6.45) is -6.47. The minimum Gasteiger partial charge on any atom is -0.457 e. The molecule has 120 valence electrons. The van der Waals surface area contributed by atoms with E-state index >= 15 is 0 Å². The van der Waals surface area contributed by atoms with Gasteiger partial charge in [-0.05, 0) is 32.9 Å². The third-order valence-corrected chi connectivity index (χ3v) is 3.63. The highest BCUT2D eigenvalue weighted by Crippen LogP contribution is 2.52. The van der Waals surface area contributed by atoms with Crippen LogP contribution in [0.1, 0.15) is 26.5 Å². The Morgan fingerprint density at radius 2 is 1.77 bits per heavy atom. The molecule has 7 heteroatoms. The predicted molar refractivity (Wildman–Crippen MR) is 72.6 cm³/mol. The maximum absolute atomic E-state index is 13.6. The zero-order valence-electron chi connectivity index (χ0n) is 12.3. The largest absolute Gasteiger partial charge is 0.457 e. The van der Waals surface area contributed by atoms with E-state index in [4.69, 9.17) is 9.25 Å². The fourth-order valence-electron chi connectivity index (χ4n) is 2.41. The molecule has 0 saturated carbocycles. The van der Waals surface area contributed by atoms with Crippen LogP contribution in [0.3, 0.4) is 0 Å². The Bertz CT molecular complexity index is 671. The molecule has 0 aliphatic carbocycles. The lowest BCUT2D eigenvalue weighted by atomic mass is 9.96. The molecule has 3 atom stereocenters. The van der Waals surface area contributed by atoms with E-state index in [1.807, 2.05) is 0 Å². The number of benzene rings is 1. The van der Waals surface area contributed by atoms with Crippen LogP contribution in [0, 0.1) is 0 Å². The Hall–Kier alpha value is -1.57. The summed E-state index contributed by atoms with van der Waals surface area (Å²) in [5.74, 6) is -0.571. The molecule has 2 aromatic rings. The van der Waals surface area contributed by atoms with Crippen LogP contribution in [0.4, 0.5) is 13.2 Å². The van der Waals surface area contributed by atoms with Crippen molar-refractivity contribution in [2.45, 2.75) is 44.3 Å². The first-order valence-corrected chi connectivity index (χ1v) is 6.79. The molecular weight excluding hydrogens is 299 g/mol. The minimum atomic E-state index is -4.94. The van der Waals surface area contributed by atoms with Crippen LogP contribution in [-0.2, 0) is 10.4 Å². The summed E-state index contributed by atoms with van der Waals surface area (Å²) in [7, 11) is 0. The van der Waals surface area contributed by atoms with Crippen molar-refractivity contribution in [3.8, 4) is 0 Å². The van der Waals surface area contributed by atoms with Crippen molar-refractivity contribution in [3.05, 3.63) is 36.1 Å². The van der Waals surface area contributed by atoms with Gasteiger partial charge in [0.2, 0.25) is 0 Å². The van der Waals surface area contributed by atoms with Crippen LogP contribution < -0.4 is 0 Å². The Balaban J connectivity index is 2.08. The number of para-hydroxylation sites is 1. The summed E-state index contributed by atoms with van der Waals surface area (Å²) < 4.78 is 45.9. The van der Waals surface area contributed by atoms with Crippen molar-refractivity contribution in [2.75, 3.05) is 0 Å². The first kappa shape index (κ1) is 15.3. The molecule has 2 heterocycles. The van der Waals surface area contributed by atoms with E-state index < -0.39 is 29.3 Å². The molecule has 0 radical (unpaired) electrons. The van der Waals surface area contributed by atoms with Crippen molar-refractivity contribution in [1.29, 1.82) is 0 Å². The highest BCUT2D eigenvalue weighted by Gasteiger charge is 2.72. The summed E-state index contributed by atoms with van der Waals surface area (Å²) in [5.41, 5.74) is -3.61. The van der Waals surface area contributed by atoms with Crippen molar-refractivity contribution in [2.24, 2.45) is 0 Å². The molecular formula is C15H16F3NO3. The van der Waals surface area contributed by atoms with Gasteiger partial charge in [-0.2, -0.15) is 13.2 Å². The van der Waals surface area contributed by atoms with Crippen LogP contribution >= 0.6 is 0 Å². The number of aliphatic hydroxyl groups is 1. The molecule has 4 nitrogen and oxygen atoms in total. The van der Waals surface area contributed by atoms with Gasteiger partial charge in [-0.3, -0.25) is 4.84 Å². The maximum atomic E-state index is 13.6. The van der Waals surface area contributed by atoms with E-state index in [9.17, 15) is 18.3 Å². The van der Waals surface area contributed by atoms with Gasteiger partial charge in [-0.1, -0.05) is 18.2 Å². The van der Waals surface area contributed by atoms with Gasteiger partial charge in [-0.25, -0.2) is 0 Å². The number of alkyl halides is 3. The molecule has 1 aromatic carbocycles. The summed E-state index contributed by atoms with van der Waals surface area (Å²) in [5, 5.41) is 12.0. The topological polar surface area (TPSA) is 48.9 Å². The fraction of sp³-hybridized carbons (Fsp3) is 0.467. The van der Waals surface area contributed by atoms with Gasteiger partial charge >= 0.3 is 6.18 Å². The SMILES string of the molecule is CC(C)(C)N1OC1C(O)(c1cc2ccccc2o1)C(F)(F)F. The summed E-state index contributed by atoms with van der Waals surface area (Å²) in [4.78, 5) is 5.03. The van der Waals surface area contributed by atoms with Crippen LogP contribution in [0.5, 0.6) is 0 Å². The van der Waals surface area contributed by atoms with Gasteiger partial charge in [0.05, 0.1) is 0 Å². The number of halogens is 3. The Labute approximate surface area is 125 Å². The Kier molecular flexibility index (Phi) is 3.11. The van der Waals surface area contributed by atoms with E-state index in [0.717, 1.165) is 5.06 Å². The van der Waals surface area contributed by atoms with Crippen LogP contribution in [0.2, 0.25) is 0 Å². The van der Waals surface area contributed by atoms with Crippen molar-refractivity contribution in [1.82, 2.24) is 5.06 Å². The van der Waals surface area contributed by atoms with Crippen LogP contribution in [-0.4, -0.2) is 28.1 Å². The van der Waals surface area contributed by atoms with Crippen molar-refractivity contribution in [3.63, 3.8) is 0 Å². The first-order valence-electron chi connectivity index (χ1n) is 6.79. The normalized spacial score (nSPS) is 25.2. The number of furan rings is 1. The molecule has 1 aromatic heterocycles.